The van der Waals surface area contributed by atoms with Crippen LogP contribution in [0.25, 0.3) is 0 Å². The minimum Gasteiger partial charge on any atom is -0.364 e. The molecule has 0 bridgehead atoms. The maximum absolute atomic E-state index is 12.2. The number of hydrogen-bond donors (Lipinski definition) is 3. The van der Waals surface area contributed by atoms with Crippen molar-refractivity contribution in [1.29, 1.82) is 0 Å². The van der Waals surface area contributed by atoms with Gasteiger partial charge in [-0.2, -0.15) is 5.10 Å². The Morgan fingerprint density at radius 2 is 1.96 bits per heavy atom. The first-order chi connectivity index (χ1) is 12.6. The van der Waals surface area contributed by atoms with Gasteiger partial charge < -0.3 is 21.1 Å². The molecule has 1 fully saturated rings. The van der Waals surface area contributed by atoms with Gasteiger partial charge >= 0.3 is 0 Å². The molecule has 1 aliphatic heterocycles. The maximum atomic E-state index is 12.2. The molecule has 3 atom stereocenters. The van der Waals surface area contributed by atoms with Gasteiger partial charge in [-0.1, -0.05) is 0 Å². The zero-order valence-corrected chi connectivity index (χ0v) is 14.5. The summed E-state index contributed by atoms with van der Waals surface area (Å²) >= 11 is 0. The molecule has 1 saturated heterocycles. The van der Waals surface area contributed by atoms with Crippen molar-refractivity contribution in [3.05, 3.63) is 36.9 Å². The number of benzene rings is 1. The fraction of sp³-hybridized carbons (Fsp3) is 0.412. The zero-order valence-electron chi connectivity index (χ0n) is 14.5. The van der Waals surface area contributed by atoms with Gasteiger partial charge in [0, 0.05) is 17.9 Å². The summed E-state index contributed by atoms with van der Waals surface area (Å²) in [7, 11) is 0. The molecular formula is C17H22N6O3. The van der Waals surface area contributed by atoms with Gasteiger partial charge in [0.15, 0.2) is 0 Å². The Hall–Kier alpha value is -2.78. The highest BCUT2D eigenvalue weighted by Gasteiger charge is 2.29. The van der Waals surface area contributed by atoms with Gasteiger partial charge in [-0.15, -0.1) is 0 Å². The minimum absolute atomic E-state index is 0.0460. The van der Waals surface area contributed by atoms with Gasteiger partial charge in [-0.25, -0.2) is 9.67 Å². The molecule has 138 valence electrons. The first-order valence-corrected chi connectivity index (χ1v) is 8.48. The summed E-state index contributed by atoms with van der Waals surface area (Å²) in [5, 5.41) is 9.57. The Balaban J connectivity index is 1.53. The van der Waals surface area contributed by atoms with E-state index in [0.717, 1.165) is 6.42 Å². The molecule has 0 spiro atoms. The lowest BCUT2D eigenvalue weighted by molar-refractivity contribution is -0.126. The van der Waals surface area contributed by atoms with Crippen molar-refractivity contribution in [2.75, 3.05) is 17.2 Å². The molecule has 9 heteroatoms. The summed E-state index contributed by atoms with van der Waals surface area (Å²) in [5.74, 6) is -0.392. The summed E-state index contributed by atoms with van der Waals surface area (Å²) in [4.78, 5) is 28.2. The molecule has 2 amide bonds. The molecule has 1 aromatic heterocycles. The van der Waals surface area contributed by atoms with E-state index in [1.54, 1.807) is 31.2 Å². The average molecular weight is 358 g/mol. The van der Waals surface area contributed by atoms with Crippen molar-refractivity contribution < 1.29 is 14.3 Å². The number of ether oxygens (including phenoxy) is 1. The number of nitrogens with zero attached hydrogens (tertiary/aromatic N) is 3. The highest BCUT2D eigenvalue weighted by molar-refractivity contribution is 5.96. The third-order valence-corrected chi connectivity index (χ3v) is 4.30. The molecule has 0 saturated carbocycles. The van der Waals surface area contributed by atoms with Crippen molar-refractivity contribution in [3.63, 3.8) is 0 Å². The Bertz CT molecular complexity index is 746. The van der Waals surface area contributed by atoms with Gasteiger partial charge in [0.1, 0.15) is 24.8 Å². The normalized spacial score (nSPS) is 20.5. The Morgan fingerprint density at radius 3 is 2.54 bits per heavy atom. The Labute approximate surface area is 150 Å². The van der Waals surface area contributed by atoms with Crippen LogP contribution in [0.3, 0.4) is 0 Å². The summed E-state index contributed by atoms with van der Waals surface area (Å²) in [6, 6.07) is 6.41. The summed E-state index contributed by atoms with van der Waals surface area (Å²) in [6.45, 7) is 2.15. The number of nitrogens with one attached hydrogen (secondary N) is 2. The number of rotatable bonds is 6. The highest BCUT2D eigenvalue weighted by atomic mass is 16.5. The predicted molar refractivity (Wildman–Crippen MR) is 95.4 cm³/mol. The van der Waals surface area contributed by atoms with Crippen LogP contribution in [0, 0.1) is 0 Å². The lowest BCUT2D eigenvalue weighted by Gasteiger charge is -2.14. The largest absolute Gasteiger partial charge is 0.364 e. The lowest BCUT2D eigenvalue weighted by Crippen LogP contribution is -2.29. The number of carbonyl (C=O) groups excluding carboxylic acids is 2. The number of anilines is 2. The molecule has 0 aliphatic carbocycles. The molecule has 1 aromatic carbocycles. The van der Waals surface area contributed by atoms with Crippen LogP contribution >= 0.6 is 0 Å². The molecule has 0 radical (unpaired) electrons. The fourth-order valence-corrected chi connectivity index (χ4v) is 2.72. The quantitative estimate of drug-likeness (QED) is 0.705. The van der Waals surface area contributed by atoms with Crippen molar-refractivity contribution in [2.24, 2.45) is 5.73 Å². The van der Waals surface area contributed by atoms with E-state index < -0.39 is 12.1 Å². The third-order valence-electron chi connectivity index (χ3n) is 4.30. The topological polar surface area (TPSA) is 124 Å². The first kappa shape index (κ1) is 18.0. The van der Waals surface area contributed by atoms with E-state index in [1.807, 2.05) is 0 Å². The molecule has 9 nitrogen and oxygen atoms in total. The smallest absolute Gasteiger partial charge is 0.253 e. The second-order valence-electron chi connectivity index (χ2n) is 6.17. The van der Waals surface area contributed by atoms with Crippen LogP contribution in [0.4, 0.5) is 11.4 Å². The van der Waals surface area contributed by atoms with E-state index in [2.05, 4.69) is 20.7 Å². The Morgan fingerprint density at radius 1 is 1.27 bits per heavy atom. The molecule has 3 rings (SSSR count). The van der Waals surface area contributed by atoms with E-state index >= 15 is 0 Å². The molecule has 26 heavy (non-hydrogen) atoms. The molecule has 2 heterocycles. The van der Waals surface area contributed by atoms with E-state index in [-0.39, 0.29) is 17.9 Å². The van der Waals surface area contributed by atoms with Crippen LogP contribution in [0.1, 0.15) is 25.8 Å². The molecular weight excluding hydrogens is 336 g/mol. The number of hydrogen-bond acceptors (Lipinski definition) is 6. The molecule has 2 aromatic rings. The van der Waals surface area contributed by atoms with Crippen molar-refractivity contribution >= 4 is 23.2 Å². The molecule has 4 N–H and O–H groups in total. The minimum atomic E-state index is -0.480. The van der Waals surface area contributed by atoms with Crippen LogP contribution < -0.4 is 16.4 Å². The second kappa shape index (κ2) is 8.07. The second-order valence-corrected chi connectivity index (χ2v) is 6.17. The monoisotopic (exact) mass is 358 g/mol. The van der Waals surface area contributed by atoms with E-state index in [1.165, 1.54) is 17.3 Å². The van der Waals surface area contributed by atoms with Gasteiger partial charge in [-0.05, 0) is 44.0 Å². The zero-order chi connectivity index (χ0) is 18.5. The number of nitrogens with two attached hydrogens (primary N) is 1. The summed E-state index contributed by atoms with van der Waals surface area (Å²) in [6.07, 6.45) is 3.82. The summed E-state index contributed by atoms with van der Waals surface area (Å²) in [5.41, 5.74) is 6.82. The number of amides is 2. The molecule has 1 aliphatic rings. The average Bonchev–Trinajstić information content (AvgIpc) is 3.34. The number of aromatic nitrogens is 3. The van der Waals surface area contributed by atoms with Crippen molar-refractivity contribution in [1.82, 2.24) is 14.8 Å². The van der Waals surface area contributed by atoms with Crippen LogP contribution in [0.5, 0.6) is 0 Å². The Kier molecular flexibility index (Phi) is 5.59. The van der Waals surface area contributed by atoms with Gasteiger partial charge in [-0.3, -0.25) is 9.59 Å². The SMILES string of the molecule is CC(C(=O)Nc1ccc(NC(=O)[C@@H]2CC[C@H](CN)O2)cc1)n1cncn1. The standard InChI is InChI=1S/C17H22N6O3/c1-11(23-10-19-9-20-23)16(24)21-12-2-4-13(5-3-12)22-17(25)15-7-6-14(8-18)26-15/h2-5,9-11,14-15H,6-8,18H2,1H3,(H,21,24)(H,22,25)/t11?,14-,15+/m1/s1. The van der Waals surface area contributed by atoms with Crippen LogP contribution in [0.2, 0.25) is 0 Å². The highest BCUT2D eigenvalue weighted by Crippen LogP contribution is 2.21. The maximum Gasteiger partial charge on any atom is 0.253 e. The fourth-order valence-electron chi connectivity index (χ4n) is 2.72. The predicted octanol–water partition coefficient (Wildman–Crippen LogP) is 0.923. The molecule has 1 unspecified atom stereocenters. The first-order valence-electron chi connectivity index (χ1n) is 8.48. The van der Waals surface area contributed by atoms with Gasteiger partial charge in [0.05, 0.1) is 6.10 Å². The summed E-state index contributed by atoms with van der Waals surface area (Å²) < 4.78 is 7.05. The van der Waals surface area contributed by atoms with Crippen LogP contribution in [-0.4, -0.2) is 45.3 Å². The van der Waals surface area contributed by atoms with Gasteiger partial charge in [0.25, 0.3) is 5.91 Å². The van der Waals surface area contributed by atoms with E-state index in [4.69, 9.17) is 10.5 Å². The number of carbonyl (C=O) groups is 2. The van der Waals surface area contributed by atoms with Crippen molar-refractivity contribution in [3.8, 4) is 0 Å². The van der Waals surface area contributed by atoms with Crippen molar-refractivity contribution in [2.45, 2.75) is 38.0 Å². The van der Waals surface area contributed by atoms with Crippen LogP contribution in [0.15, 0.2) is 36.9 Å². The van der Waals surface area contributed by atoms with E-state index in [9.17, 15) is 9.59 Å². The van der Waals surface area contributed by atoms with E-state index in [0.29, 0.717) is 24.3 Å². The lowest BCUT2D eigenvalue weighted by atomic mass is 10.2. The van der Waals surface area contributed by atoms with Gasteiger partial charge in [0.2, 0.25) is 5.91 Å². The van der Waals surface area contributed by atoms with Crippen LogP contribution in [-0.2, 0) is 14.3 Å². The third kappa shape index (κ3) is 4.24.